The highest BCUT2D eigenvalue weighted by Gasteiger charge is 2.31. The standard InChI is InChI=1S/C16H18ClFN2O2/c1-9-21-16(22-9)8-20-14-4-2-10(18)6-12(14)13-7-11(19-17)3-5-15(13)20/h2,4,6,9,11,16,19H,3,5,7-8H2,1H3/t9?,11-,16?/m0/s1. The van der Waals surface area contributed by atoms with Crippen molar-refractivity contribution in [2.75, 3.05) is 0 Å². The molecule has 6 heteroatoms. The van der Waals surface area contributed by atoms with Gasteiger partial charge in [-0.25, -0.2) is 9.23 Å². The van der Waals surface area contributed by atoms with E-state index in [0.29, 0.717) is 6.54 Å². The van der Waals surface area contributed by atoms with E-state index in [9.17, 15) is 4.39 Å². The normalized spacial score (nSPS) is 27.7. The number of nitrogens with one attached hydrogen (secondary N) is 1. The first-order valence-electron chi connectivity index (χ1n) is 7.62. The van der Waals surface area contributed by atoms with E-state index in [1.807, 2.05) is 13.0 Å². The number of rotatable bonds is 3. The molecule has 0 unspecified atom stereocenters. The summed E-state index contributed by atoms with van der Waals surface area (Å²) >= 11 is 5.80. The SMILES string of the molecule is CC1OC(Cn2c3c(c4cc(F)ccc42)C[C@@H](NCl)CC3)O1. The number of aromatic nitrogens is 1. The molecule has 1 aliphatic carbocycles. The average Bonchev–Trinajstić information content (AvgIpc) is 2.78. The highest BCUT2D eigenvalue weighted by atomic mass is 35.5. The summed E-state index contributed by atoms with van der Waals surface area (Å²) in [6.45, 7) is 2.52. The molecule has 0 amide bonds. The zero-order valence-corrected chi connectivity index (χ0v) is 13.1. The first-order chi connectivity index (χ1) is 10.7. The minimum Gasteiger partial charge on any atom is -0.339 e. The molecule has 0 saturated carbocycles. The summed E-state index contributed by atoms with van der Waals surface area (Å²) in [5.74, 6) is -0.210. The summed E-state index contributed by atoms with van der Waals surface area (Å²) in [6, 6.07) is 5.19. The molecule has 1 aromatic heterocycles. The van der Waals surface area contributed by atoms with Crippen molar-refractivity contribution in [2.45, 2.75) is 51.4 Å². The van der Waals surface area contributed by atoms with Gasteiger partial charge in [-0.3, -0.25) is 0 Å². The molecule has 22 heavy (non-hydrogen) atoms. The van der Waals surface area contributed by atoms with Gasteiger partial charge in [0.05, 0.1) is 6.54 Å². The van der Waals surface area contributed by atoms with Crippen molar-refractivity contribution >= 4 is 22.7 Å². The Balaban J connectivity index is 1.78. The molecule has 1 fully saturated rings. The van der Waals surface area contributed by atoms with Crippen LogP contribution in [0.1, 0.15) is 24.6 Å². The van der Waals surface area contributed by atoms with Gasteiger partial charge < -0.3 is 14.0 Å². The van der Waals surface area contributed by atoms with Crippen LogP contribution in [0.15, 0.2) is 18.2 Å². The van der Waals surface area contributed by atoms with Crippen molar-refractivity contribution in [2.24, 2.45) is 0 Å². The minimum absolute atomic E-state index is 0.134. The van der Waals surface area contributed by atoms with Crippen LogP contribution in [0.3, 0.4) is 0 Å². The second kappa shape index (κ2) is 5.49. The third kappa shape index (κ3) is 2.33. The molecule has 2 aliphatic rings. The van der Waals surface area contributed by atoms with Crippen molar-refractivity contribution in [3.05, 3.63) is 35.3 Å². The lowest BCUT2D eigenvalue weighted by atomic mass is 9.92. The van der Waals surface area contributed by atoms with Gasteiger partial charge in [0.15, 0.2) is 12.6 Å². The quantitative estimate of drug-likeness (QED) is 0.881. The van der Waals surface area contributed by atoms with E-state index in [4.69, 9.17) is 21.3 Å². The van der Waals surface area contributed by atoms with E-state index in [0.717, 1.165) is 30.2 Å². The van der Waals surface area contributed by atoms with Crippen LogP contribution in [0.25, 0.3) is 10.9 Å². The van der Waals surface area contributed by atoms with Gasteiger partial charge in [-0.2, -0.15) is 0 Å². The fourth-order valence-electron chi connectivity index (χ4n) is 3.60. The topological polar surface area (TPSA) is 35.4 Å². The highest BCUT2D eigenvalue weighted by Crippen LogP contribution is 2.34. The van der Waals surface area contributed by atoms with Gasteiger partial charge >= 0.3 is 0 Å². The molecule has 1 saturated heterocycles. The number of ether oxygens (including phenoxy) is 2. The van der Waals surface area contributed by atoms with Gasteiger partial charge in [0.1, 0.15) is 5.82 Å². The van der Waals surface area contributed by atoms with Crippen molar-refractivity contribution in [3.8, 4) is 0 Å². The summed E-state index contributed by atoms with van der Waals surface area (Å²) < 4.78 is 27.0. The van der Waals surface area contributed by atoms with Crippen LogP contribution in [0, 0.1) is 5.82 Å². The Morgan fingerprint density at radius 3 is 2.95 bits per heavy atom. The number of nitrogens with zero attached hydrogens (tertiary/aromatic N) is 1. The van der Waals surface area contributed by atoms with Crippen LogP contribution in [0.4, 0.5) is 4.39 Å². The van der Waals surface area contributed by atoms with Gasteiger partial charge in [0.2, 0.25) is 0 Å². The van der Waals surface area contributed by atoms with Crippen LogP contribution < -0.4 is 4.84 Å². The fraction of sp³-hybridized carbons (Fsp3) is 0.500. The summed E-state index contributed by atoms with van der Waals surface area (Å²) in [6.07, 6.45) is 2.35. The maximum absolute atomic E-state index is 13.7. The number of hydrogen-bond donors (Lipinski definition) is 1. The summed E-state index contributed by atoms with van der Waals surface area (Å²) in [5, 5.41) is 0.971. The molecular weight excluding hydrogens is 307 g/mol. The number of hydrogen-bond acceptors (Lipinski definition) is 3. The lowest BCUT2D eigenvalue weighted by Gasteiger charge is -2.34. The van der Waals surface area contributed by atoms with Crippen molar-refractivity contribution in [3.63, 3.8) is 0 Å². The molecule has 1 N–H and O–H groups in total. The molecular formula is C16H18ClFN2O2. The highest BCUT2D eigenvalue weighted by molar-refractivity contribution is 6.13. The number of benzene rings is 1. The molecule has 2 aromatic rings. The van der Waals surface area contributed by atoms with E-state index < -0.39 is 0 Å². The molecule has 0 bridgehead atoms. The molecule has 118 valence electrons. The van der Waals surface area contributed by atoms with E-state index >= 15 is 0 Å². The zero-order valence-electron chi connectivity index (χ0n) is 12.3. The smallest absolute Gasteiger partial charge is 0.181 e. The van der Waals surface area contributed by atoms with E-state index in [2.05, 4.69) is 9.40 Å². The van der Waals surface area contributed by atoms with Gasteiger partial charge in [-0.15, -0.1) is 0 Å². The Bertz CT molecular complexity index is 712. The van der Waals surface area contributed by atoms with Crippen molar-refractivity contribution < 1.29 is 13.9 Å². The lowest BCUT2D eigenvalue weighted by molar-refractivity contribution is -0.379. The monoisotopic (exact) mass is 324 g/mol. The van der Waals surface area contributed by atoms with E-state index in [-0.39, 0.29) is 24.4 Å². The minimum atomic E-state index is -0.219. The predicted octanol–water partition coefficient (Wildman–Crippen LogP) is 3.10. The third-order valence-electron chi connectivity index (χ3n) is 4.60. The second-order valence-corrected chi connectivity index (χ2v) is 6.23. The largest absolute Gasteiger partial charge is 0.339 e. The fourth-order valence-corrected chi connectivity index (χ4v) is 3.78. The van der Waals surface area contributed by atoms with Gasteiger partial charge in [-0.05, 0) is 61.7 Å². The first kappa shape index (κ1) is 14.5. The van der Waals surface area contributed by atoms with Crippen LogP contribution in [0.2, 0.25) is 0 Å². The lowest BCUT2D eigenvalue weighted by Crippen LogP contribution is -2.42. The average molecular weight is 325 g/mol. The third-order valence-corrected chi connectivity index (χ3v) is 4.91. The summed E-state index contributed by atoms with van der Waals surface area (Å²) in [7, 11) is 0. The molecule has 2 heterocycles. The van der Waals surface area contributed by atoms with E-state index in [1.54, 1.807) is 6.07 Å². The molecule has 4 rings (SSSR count). The Morgan fingerprint density at radius 1 is 1.41 bits per heavy atom. The Kier molecular flexibility index (Phi) is 3.61. The Hall–Kier alpha value is -1.14. The summed E-state index contributed by atoms with van der Waals surface area (Å²) in [4.78, 5) is 2.82. The van der Waals surface area contributed by atoms with Crippen LogP contribution in [0.5, 0.6) is 0 Å². The maximum Gasteiger partial charge on any atom is 0.181 e. The molecule has 4 nitrogen and oxygen atoms in total. The Morgan fingerprint density at radius 2 is 2.23 bits per heavy atom. The van der Waals surface area contributed by atoms with E-state index in [1.165, 1.54) is 17.3 Å². The van der Waals surface area contributed by atoms with Crippen molar-refractivity contribution in [1.82, 2.24) is 9.40 Å². The van der Waals surface area contributed by atoms with Crippen LogP contribution in [-0.4, -0.2) is 23.2 Å². The maximum atomic E-state index is 13.7. The molecule has 1 aromatic carbocycles. The Labute approximate surface area is 133 Å². The zero-order chi connectivity index (χ0) is 15.3. The number of fused-ring (bicyclic) bond motifs is 3. The predicted molar refractivity (Wildman–Crippen MR) is 82.1 cm³/mol. The van der Waals surface area contributed by atoms with Gasteiger partial charge in [-0.1, -0.05) is 0 Å². The number of halogens is 2. The van der Waals surface area contributed by atoms with Crippen LogP contribution in [-0.2, 0) is 28.9 Å². The summed E-state index contributed by atoms with van der Waals surface area (Å²) in [5.41, 5.74) is 3.47. The van der Waals surface area contributed by atoms with Gasteiger partial charge in [0, 0.05) is 22.6 Å². The first-order valence-corrected chi connectivity index (χ1v) is 8.00. The second-order valence-electron chi connectivity index (χ2n) is 6.02. The molecule has 1 atom stereocenters. The molecule has 1 aliphatic heterocycles. The van der Waals surface area contributed by atoms with Crippen molar-refractivity contribution in [1.29, 1.82) is 0 Å². The molecule has 0 spiro atoms. The van der Waals surface area contributed by atoms with Crippen LogP contribution >= 0.6 is 11.8 Å². The molecule has 0 radical (unpaired) electrons. The van der Waals surface area contributed by atoms with Gasteiger partial charge in [0.25, 0.3) is 0 Å².